The van der Waals surface area contributed by atoms with E-state index in [0.717, 1.165) is 16.5 Å². The fraction of sp³-hybridized carbons (Fsp3) is 0.250. The maximum absolute atomic E-state index is 10.9. The summed E-state index contributed by atoms with van der Waals surface area (Å²) in [6.07, 6.45) is 0.932. The Morgan fingerprint density at radius 2 is 2.33 bits per heavy atom. The molecule has 0 aliphatic carbocycles. The summed E-state index contributed by atoms with van der Waals surface area (Å²) in [4.78, 5) is 13.9. The van der Waals surface area contributed by atoms with Gasteiger partial charge in [-0.05, 0) is 18.0 Å². The van der Waals surface area contributed by atoms with Gasteiger partial charge in [-0.15, -0.1) is 0 Å². The van der Waals surface area contributed by atoms with Crippen LogP contribution in [0.5, 0.6) is 0 Å². The minimum absolute atomic E-state index is 0.290. The number of H-pyrrole nitrogens is 1. The number of hydrogen-bond acceptors (Lipinski definition) is 1. The summed E-state index contributed by atoms with van der Waals surface area (Å²) in [5, 5.41) is 3.35. The SMILES string of the molecule is [2H]C(NC(C)=O)C([2H])c1c[nH]c2ccccc12. The Hall–Kier alpha value is -1.77. The Balaban J connectivity index is 2.30. The second kappa shape index (κ2) is 4.17. The van der Waals surface area contributed by atoms with Crippen LogP contribution in [0.2, 0.25) is 0 Å². The molecule has 2 atom stereocenters. The van der Waals surface area contributed by atoms with Gasteiger partial charge in [-0.3, -0.25) is 4.79 Å². The monoisotopic (exact) mass is 204 g/mol. The molecule has 1 amide bonds. The first kappa shape index (κ1) is 7.51. The van der Waals surface area contributed by atoms with Crippen LogP contribution in [0.25, 0.3) is 10.9 Å². The zero-order valence-electron chi connectivity index (χ0n) is 10.4. The van der Waals surface area contributed by atoms with Gasteiger partial charge in [0.05, 0.1) is 0 Å². The van der Waals surface area contributed by atoms with Crippen molar-refractivity contribution in [3.8, 4) is 0 Å². The molecular weight excluding hydrogens is 188 g/mol. The van der Waals surface area contributed by atoms with Crippen molar-refractivity contribution >= 4 is 16.8 Å². The van der Waals surface area contributed by atoms with Crippen molar-refractivity contribution in [2.75, 3.05) is 6.52 Å². The lowest BCUT2D eigenvalue weighted by Crippen LogP contribution is -2.22. The average molecular weight is 204 g/mol. The van der Waals surface area contributed by atoms with Crippen LogP contribution >= 0.6 is 0 Å². The third kappa shape index (κ3) is 2.18. The molecule has 3 heteroatoms. The lowest BCUT2D eigenvalue weighted by Gasteiger charge is -2.00. The maximum Gasteiger partial charge on any atom is 0.216 e. The maximum atomic E-state index is 10.9. The first-order valence-corrected chi connectivity index (χ1v) is 4.77. The summed E-state index contributed by atoms with van der Waals surface area (Å²) in [5.74, 6) is -0.290. The lowest BCUT2D eigenvalue weighted by atomic mass is 10.1. The van der Waals surface area contributed by atoms with Gasteiger partial charge < -0.3 is 10.3 Å². The number of benzene rings is 1. The number of nitrogens with one attached hydrogen (secondary N) is 2. The zero-order chi connectivity index (χ0) is 12.4. The predicted octanol–water partition coefficient (Wildman–Crippen LogP) is 1.85. The highest BCUT2D eigenvalue weighted by molar-refractivity contribution is 5.83. The smallest absolute Gasteiger partial charge is 0.216 e. The number of para-hydroxylation sites is 1. The van der Waals surface area contributed by atoms with Crippen LogP contribution in [0.1, 0.15) is 15.2 Å². The van der Waals surface area contributed by atoms with Gasteiger partial charge in [0.25, 0.3) is 0 Å². The second-order valence-corrected chi connectivity index (χ2v) is 3.32. The highest BCUT2D eigenvalue weighted by Crippen LogP contribution is 2.17. The molecule has 2 rings (SSSR count). The number of aryl methyl sites for hydroxylation is 1. The molecule has 0 aliphatic heterocycles. The Bertz CT molecular complexity index is 538. The van der Waals surface area contributed by atoms with Crippen molar-refractivity contribution in [3.63, 3.8) is 0 Å². The van der Waals surface area contributed by atoms with Gasteiger partial charge in [-0.25, -0.2) is 0 Å². The number of carbonyl (C=O) groups excluding carboxylic acids is 1. The van der Waals surface area contributed by atoms with Crippen LogP contribution in [0.4, 0.5) is 0 Å². The van der Waals surface area contributed by atoms with Crippen molar-refractivity contribution in [2.24, 2.45) is 0 Å². The van der Waals surface area contributed by atoms with Crippen LogP contribution < -0.4 is 5.32 Å². The summed E-state index contributed by atoms with van der Waals surface area (Å²) in [5.41, 5.74) is 1.67. The quantitative estimate of drug-likeness (QED) is 0.787. The van der Waals surface area contributed by atoms with Gasteiger partial charge in [-0.1, -0.05) is 18.2 Å². The summed E-state index contributed by atoms with van der Waals surface area (Å²) >= 11 is 0. The number of aromatic nitrogens is 1. The fourth-order valence-electron chi connectivity index (χ4n) is 1.48. The van der Waals surface area contributed by atoms with Crippen molar-refractivity contribution in [2.45, 2.75) is 13.3 Å². The Labute approximate surface area is 91.3 Å². The molecule has 0 saturated heterocycles. The van der Waals surface area contributed by atoms with Crippen molar-refractivity contribution < 1.29 is 7.54 Å². The first-order chi connectivity index (χ1) is 8.09. The standard InChI is InChI=1S/C12H14N2O/c1-9(15)13-7-6-10-8-14-12-5-3-2-4-11(10)12/h2-5,8,14H,6-7H2,1H3,(H,13,15)/i6D,7D. The molecule has 15 heavy (non-hydrogen) atoms. The normalized spacial score (nSPS) is 16.6. The molecule has 3 nitrogen and oxygen atoms in total. The Morgan fingerprint density at radius 3 is 3.13 bits per heavy atom. The first-order valence-electron chi connectivity index (χ1n) is 5.92. The van der Waals surface area contributed by atoms with Gasteiger partial charge in [-0.2, -0.15) is 0 Å². The van der Waals surface area contributed by atoms with E-state index in [4.69, 9.17) is 2.74 Å². The van der Waals surface area contributed by atoms with Crippen LogP contribution in [0.15, 0.2) is 30.5 Å². The Kier molecular flexibility index (Phi) is 2.09. The highest BCUT2D eigenvalue weighted by atomic mass is 16.1. The molecule has 2 unspecified atom stereocenters. The predicted molar refractivity (Wildman–Crippen MR) is 60.7 cm³/mol. The van der Waals surface area contributed by atoms with E-state index in [2.05, 4.69) is 10.3 Å². The number of aromatic amines is 1. The molecule has 2 N–H and O–H groups in total. The van der Waals surface area contributed by atoms with E-state index in [1.807, 2.05) is 24.3 Å². The number of hydrogen-bond donors (Lipinski definition) is 2. The molecule has 0 spiro atoms. The largest absolute Gasteiger partial charge is 0.361 e. The second-order valence-electron chi connectivity index (χ2n) is 3.32. The number of carbonyl (C=O) groups is 1. The van der Waals surface area contributed by atoms with Crippen LogP contribution in [0.3, 0.4) is 0 Å². The minimum atomic E-state index is -0.952. The van der Waals surface area contributed by atoms with Crippen LogP contribution in [-0.2, 0) is 11.2 Å². The molecule has 0 bridgehead atoms. The fourth-order valence-corrected chi connectivity index (χ4v) is 1.48. The van der Waals surface area contributed by atoms with E-state index in [1.165, 1.54) is 6.92 Å². The van der Waals surface area contributed by atoms with Crippen LogP contribution in [0, 0.1) is 0 Å². The van der Waals surface area contributed by atoms with Crippen molar-refractivity contribution in [3.05, 3.63) is 36.0 Å². The molecule has 0 saturated carbocycles. The highest BCUT2D eigenvalue weighted by Gasteiger charge is 2.02. The van der Waals surface area contributed by atoms with E-state index in [1.54, 1.807) is 6.20 Å². The lowest BCUT2D eigenvalue weighted by molar-refractivity contribution is -0.118. The molecule has 0 aliphatic rings. The van der Waals surface area contributed by atoms with Crippen molar-refractivity contribution in [1.29, 1.82) is 0 Å². The molecule has 1 aromatic heterocycles. The molecule has 78 valence electrons. The summed E-state index contributed by atoms with van der Waals surface area (Å²) < 4.78 is 15.7. The molecule has 2 aromatic rings. The summed E-state index contributed by atoms with van der Waals surface area (Å²) in [6, 6.07) is 7.63. The van der Waals surface area contributed by atoms with E-state index in [0.29, 0.717) is 0 Å². The third-order valence-electron chi connectivity index (χ3n) is 2.17. The molecular formula is C12H14N2O. The van der Waals surface area contributed by atoms with Gasteiger partial charge >= 0.3 is 0 Å². The van der Waals surface area contributed by atoms with Crippen molar-refractivity contribution in [1.82, 2.24) is 10.3 Å². The molecule has 0 radical (unpaired) electrons. The van der Waals surface area contributed by atoms with Gasteiger partial charge in [0.2, 0.25) is 5.91 Å². The zero-order valence-corrected chi connectivity index (χ0v) is 8.45. The number of fused-ring (bicyclic) bond motifs is 1. The third-order valence-corrected chi connectivity index (χ3v) is 2.17. The van der Waals surface area contributed by atoms with E-state index < -0.39 is 12.9 Å². The molecule has 1 aromatic carbocycles. The number of rotatable bonds is 3. The number of amides is 1. The summed E-state index contributed by atoms with van der Waals surface area (Å²) in [7, 11) is 0. The Morgan fingerprint density at radius 1 is 1.53 bits per heavy atom. The van der Waals surface area contributed by atoms with Gasteiger partial charge in [0.1, 0.15) is 0 Å². The van der Waals surface area contributed by atoms with Gasteiger partial charge in [0, 0.05) is 33.3 Å². The molecule has 0 fully saturated rings. The topological polar surface area (TPSA) is 44.9 Å². The van der Waals surface area contributed by atoms with E-state index >= 15 is 0 Å². The summed E-state index contributed by atoms with van der Waals surface area (Å²) in [6.45, 7) is 0.399. The molecule has 1 heterocycles. The average Bonchev–Trinajstić information content (AvgIpc) is 2.70. The van der Waals surface area contributed by atoms with E-state index in [9.17, 15) is 4.79 Å². The van der Waals surface area contributed by atoms with Crippen LogP contribution in [-0.4, -0.2) is 17.4 Å². The van der Waals surface area contributed by atoms with Gasteiger partial charge in [0.15, 0.2) is 0 Å². The minimum Gasteiger partial charge on any atom is -0.361 e. The van der Waals surface area contributed by atoms with E-state index in [-0.39, 0.29) is 5.91 Å².